The lowest BCUT2D eigenvalue weighted by Gasteiger charge is -2.36. The molecule has 1 saturated heterocycles. The molecule has 4 aromatic rings. The Kier molecular flexibility index (Phi) is 5.75. The van der Waals surface area contributed by atoms with Gasteiger partial charge >= 0.3 is 0 Å². The highest BCUT2D eigenvalue weighted by Gasteiger charge is 2.28. The van der Waals surface area contributed by atoms with Crippen LogP contribution in [0.25, 0.3) is 21.0 Å². The Labute approximate surface area is 213 Å². The number of thiophene rings is 1. The summed E-state index contributed by atoms with van der Waals surface area (Å²) in [7, 11) is 0. The third-order valence-corrected chi connectivity index (χ3v) is 8.67. The summed E-state index contributed by atoms with van der Waals surface area (Å²) in [5.41, 5.74) is 1.96. The fourth-order valence-electron chi connectivity index (χ4n) is 5.56. The number of carbonyl (C=O) groups excluding carboxylic acids is 1. The van der Waals surface area contributed by atoms with Crippen molar-refractivity contribution in [3.8, 4) is 0 Å². The number of aryl methyl sites for hydroxylation is 3. The molecule has 36 heavy (non-hydrogen) atoms. The van der Waals surface area contributed by atoms with Crippen LogP contribution in [0, 0.1) is 19.8 Å². The molecule has 9 heteroatoms. The Bertz CT molecular complexity index is 1550. The predicted octanol–water partition coefficient (Wildman–Crippen LogP) is 3.49. The lowest BCUT2D eigenvalue weighted by Crippen LogP contribution is -2.50. The number of rotatable bonds is 3. The molecule has 0 saturated carbocycles. The van der Waals surface area contributed by atoms with Crippen molar-refractivity contribution < 1.29 is 4.79 Å². The van der Waals surface area contributed by atoms with Gasteiger partial charge in [0.15, 0.2) is 0 Å². The minimum atomic E-state index is -0.224. The minimum Gasteiger partial charge on any atom is -0.352 e. The van der Waals surface area contributed by atoms with Crippen LogP contribution >= 0.6 is 11.3 Å². The van der Waals surface area contributed by atoms with Crippen LogP contribution in [0.4, 0.5) is 5.82 Å². The van der Waals surface area contributed by atoms with Crippen LogP contribution in [0.1, 0.15) is 35.3 Å². The van der Waals surface area contributed by atoms with Crippen LogP contribution in [0.5, 0.6) is 0 Å². The van der Waals surface area contributed by atoms with E-state index in [4.69, 9.17) is 9.97 Å². The van der Waals surface area contributed by atoms with Gasteiger partial charge in [0.05, 0.1) is 16.5 Å². The van der Waals surface area contributed by atoms with E-state index in [2.05, 4.69) is 16.9 Å². The average Bonchev–Trinajstić information content (AvgIpc) is 3.23. The maximum atomic E-state index is 13.1. The van der Waals surface area contributed by atoms with Crippen molar-refractivity contribution in [3.63, 3.8) is 0 Å². The number of piperazine rings is 1. The van der Waals surface area contributed by atoms with Crippen molar-refractivity contribution in [2.75, 3.05) is 31.1 Å². The molecule has 1 amide bonds. The summed E-state index contributed by atoms with van der Waals surface area (Å²) < 4.78 is 1.31. The van der Waals surface area contributed by atoms with Gasteiger partial charge in [-0.2, -0.15) is 5.10 Å². The number of amides is 1. The summed E-state index contributed by atoms with van der Waals surface area (Å²) in [5, 5.41) is 7.06. The molecule has 186 valence electrons. The molecule has 0 spiro atoms. The number of fused-ring (bicyclic) bond motifs is 4. The van der Waals surface area contributed by atoms with Crippen molar-refractivity contribution in [3.05, 3.63) is 56.6 Å². The number of aromatic nitrogens is 4. The SMILES string of the molecule is Cc1nc(N2CCN(C(=O)Cn3nc(C)c4ccccc4c3=O)CC2)c2c3c(sc2n1)CC(C)CC3. The molecule has 1 aliphatic heterocycles. The highest BCUT2D eigenvalue weighted by molar-refractivity contribution is 7.19. The fraction of sp³-hybridized carbons (Fsp3) is 0.444. The summed E-state index contributed by atoms with van der Waals surface area (Å²) >= 11 is 1.82. The van der Waals surface area contributed by atoms with E-state index in [1.165, 1.54) is 26.9 Å². The number of carbonyl (C=O) groups is 1. The molecule has 1 fully saturated rings. The zero-order chi connectivity index (χ0) is 25.0. The van der Waals surface area contributed by atoms with Crippen LogP contribution in [0.2, 0.25) is 0 Å². The highest BCUT2D eigenvalue weighted by Crippen LogP contribution is 2.41. The molecule has 0 bridgehead atoms. The molecule has 1 atom stereocenters. The van der Waals surface area contributed by atoms with E-state index in [1.807, 2.05) is 48.3 Å². The van der Waals surface area contributed by atoms with Crippen molar-refractivity contribution in [1.29, 1.82) is 0 Å². The molecule has 0 radical (unpaired) electrons. The zero-order valence-electron chi connectivity index (χ0n) is 21.0. The maximum absolute atomic E-state index is 13.1. The second-order valence-corrected chi connectivity index (χ2v) is 11.2. The number of hydrogen-bond acceptors (Lipinski definition) is 7. The van der Waals surface area contributed by atoms with E-state index >= 15 is 0 Å². The third-order valence-electron chi connectivity index (χ3n) is 7.52. The summed E-state index contributed by atoms with van der Waals surface area (Å²) in [5.74, 6) is 2.44. The van der Waals surface area contributed by atoms with Crippen LogP contribution in [-0.4, -0.2) is 56.7 Å². The number of nitrogens with zero attached hydrogens (tertiary/aromatic N) is 6. The van der Waals surface area contributed by atoms with Crippen LogP contribution in [0.3, 0.4) is 0 Å². The second-order valence-electron chi connectivity index (χ2n) is 10.1. The van der Waals surface area contributed by atoms with E-state index in [9.17, 15) is 9.59 Å². The van der Waals surface area contributed by atoms with Gasteiger partial charge in [0.2, 0.25) is 5.91 Å². The first-order valence-electron chi connectivity index (χ1n) is 12.7. The lowest BCUT2D eigenvalue weighted by molar-refractivity contribution is -0.132. The maximum Gasteiger partial charge on any atom is 0.275 e. The first-order valence-corrected chi connectivity index (χ1v) is 13.5. The number of anilines is 1. The first kappa shape index (κ1) is 23.1. The van der Waals surface area contributed by atoms with Crippen LogP contribution in [0.15, 0.2) is 29.1 Å². The van der Waals surface area contributed by atoms with E-state index in [0.717, 1.165) is 40.4 Å². The lowest BCUT2D eigenvalue weighted by atomic mass is 9.89. The van der Waals surface area contributed by atoms with Crippen LogP contribution in [-0.2, 0) is 24.2 Å². The van der Waals surface area contributed by atoms with E-state index < -0.39 is 0 Å². The van der Waals surface area contributed by atoms with Crippen molar-refractivity contribution in [2.24, 2.45) is 5.92 Å². The van der Waals surface area contributed by atoms with Gasteiger partial charge in [0, 0.05) is 36.4 Å². The monoisotopic (exact) mass is 502 g/mol. The molecule has 1 aromatic carbocycles. The first-order chi connectivity index (χ1) is 17.4. The zero-order valence-corrected chi connectivity index (χ0v) is 21.8. The Morgan fingerprint density at radius 2 is 1.83 bits per heavy atom. The van der Waals surface area contributed by atoms with Gasteiger partial charge in [-0.1, -0.05) is 25.1 Å². The Morgan fingerprint density at radius 1 is 1.08 bits per heavy atom. The molecule has 2 aliphatic rings. The van der Waals surface area contributed by atoms with Crippen molar-refractivity contribution in [2.45, 2.75) is 46.6 Å². The fourth-order valence-corrected chi connectivity index (χ4v) is 6.99. The second kappa shape index (κ2) is 8.96. The van der Waals surface area contributed by atoms with Gasteiger partial charge in [-0.3, -0.25) is 9.59 Å². The standard InChI is InChI=1S/C27H30N6O2S/c1-16-8-9-21-22(14-16)36-26-24(21)25(28-18(3)29-26)32-12-10-31(11-13-32)23(34)15-33-27(35)20-7-5-4-6-19(20)17(2)30-33/h4-7,16H,8-15H2,1-3H3. The van der Waals surface area contributed by atoms with Gasteiger partial charge in [-0.15, -0.1) is 11.3 Å². The van der Waals surface area contributed by atoms with E-state index in [1.54, 1.807) is 6.07 Å². The molecule has 0 N–H and O–H groups in total. The normalized spacial score (nSPS) is 18.1. The van der Waals surface area contributed by atoms with E-state index in [0.29, 0.717) is 37.5 Å². The van der Waals surface area contributed by atoms with Crippen molar-refractivity contribution in [1.82, 2.24) is 24.6 Å². The van der Waals surface area contributed by atoms with Gasteiger partial charge in [0.1, 0.15) is 23.0 Å². The van der Waals surface area contributed by atoms with Crippen molar-refractivity contribution >= 4 is 44.1 Å². The molecule has 3 aromatic heterocycles. The van der Waals surface area contributed by atoms with Gasteiger partial charge in [-0.05, 0) is 50.7 Å². The molecule has 8 nitrogen and oxygen atoms in total. The van der Waals surface area contributed by atoms with Gasteiger partial charge < -0.3 is 9.80 Å². The molecule has 1 aliphatic carbocycles. The smallest absolute Gasteiger partial charge is 0.275 e. The molecule has 6 rings (SSSR count). The van der Waals surface area contributed by atoms with Gasteiger partial charge in [-0.25, -0.2) is 14.6 Å². The number of benzene rings is 1. The summed E-state index contributed by atoms with van der Waals surface area (Å²) in [6.07, 6.45) is 3.41. The highest BCUT2D eigenvalue weighted by atomic mass is 32.1. The number of hydrogen-bond donors (Lipinski definition) is 0. The predicted molar refractivity (Wildman–Crippen MR) is 143 cm³/mol. The molecule has 4 heterocycles. The van der Waals surface area contributed by atoms with Crippen LogP contribution < -0.4 is 10.5 Å². The summed E-state index contributed by atoms with van der Waals surface area (Å²) in [6, 6.07) is 7.41. The Morgan fingerprint density at radius 3 is 2.61 bits per heavy atom. The topological polar surface area (TPSA) is 84.2 Å². The van der Waals surface area contributed by atoms with E-state index in [-0.39, 0.29) is 18.0 Å². The molecule has 1 unspecified atom stereocenters. The average molecular weight is 503 g/mol. The Balaban J connectivity index is 1.21. The quantitative estimate of drug-likeness (QED) is 0.426. The minimum absolute atomic E-state index is 0.0441. The summed E-state index contributed by atoms with van der Waals surface area (Å²) in [6.45, 7) is 8.70. The molecular formula is C27H30N6O2S. The summed E-state index contributed by atoms with van der Waals surface area (Å²) in [4.78, 5) is 42.4. The molecular weight excluding hydrogens is 472 g/mol. The third kappa shape index (κ3) is 3.95. The Hall–Kier alpha value is -3.33. The van der Waals surface area contributed by atoms with Gasteiger partial charge in [0.25, 0.3) is 5.56 Å². The largest absolute Gasteiger partial charge is 0.352 e.